The molecule has 5 rings (SSSR count). The van der Waals surface area contributed by atoms with Gasteiger partial charge in [-0.05, 0) is 53.9 Å². The van der Waals surface area contributed by atoms with Gasteiger partial charge in [0, 0.05) is 11.3 Å². The average Bonchev–Trinajstić information content (AvgIpc) is 3.62. The minimum Gasteiger partial charge on any atom is -0.507 e. The van der Waals surface area contributed by atoms with E-state index in [0.29, 0.717) is 45.1 Å². The number of aromatic nitrogens is 2. The number of aliphatic hydroxyl groups excluding tert-OH is 1. The van der Waals surface area contributed by atoms with Crippen molar-refractivity contribution in [2.24, 2.45) is 0 Å². The van der Waals surface area contributed by atoms with Crippen molar-refractivity contribution in [2.75, 3.05) is 25.7 Å². The summed E-state index contributed by atoms with van der Waals surface area (Å²) in [6.45, 7) is 2.67. The zero-order valence-corrected chi connectivity index (χ0v) is 25.6. The zero-order chi connectivity index (χ0) is 30.3. The Labute approximate surface area is 258 Å². The standard InChI is InChI=1S/C32H31N3O6S2/c1-4-5-17-41-23-14-11-21(12-15-23)28(36)26-27(22-13-16-24(39-2)25(18-22)40-3)35(30(38)29(26)37)31-33-34-32(43-31)42-19-20-9-7-6-8-10-20/h6-16,18,27,36H,4-5,17,19H2,1-3H3/t27-/m1/s1. The summed E-state index contributed by atoms with van der Waals surface area (Å²) in [6, 6.07) is 20.9. The van der Waals surface area contributed by atoms with E-state index >= 15 is 0 Å². The van der Waals surface area contributed by atoms with Gasteiger partial charge >= 0.3 is 5.91 Å². The predicted octanol–water partition coefficient (Wildman–Crippen LogP) is 6.65. The van der Waals surface area contributed by atoms with Gasteiger partial charge in [-0.25, -0.2) is 0 Å². The highest BCUT2D eigenvalue weighted by Crippen LogP contribution is 2.45. The van der Waals surface area contributed by atoms with Crippen LogP contribution in [0.15, 0.2) is 82.7 Å². The van der Waals surface area contributed by atoms with Crippen LogP contribution < -0.4 is 19.1 Å². The molecule has 0 aliphatic carbocycles. The van der Waals surface area contributed by atoms with E-state index in [1.807, 2.05) is 30.3 Å². The van der Waals surface area contributed by atoms with Crippen molar-refractivity contribution < 1.29 is 28.9 Å². The fourth-order valence-corrected chi connectivity index (χ4v) is 6.47. The van der Waals surface area contributed by atoms with Crippen molar-refractivity contribution in [1.82, 2.24) is 10.2 Å². The van der Waals surface area contributed by atoms with E-state index in [1.54, 1.807) is 42.5 Å². The van der Waals surface area contributed by atoms with Crippen LogP contribution in [-0.4, -0.2) is 47.8 Å². The lowest BCUT2D eigenvalue weighted by molar-refractivity contribution is -0.132. The summed E-state index contributed by atoms with van der Waals surface area (Å²) in [5.41, 5.74) is 1.97. The number of aliphatic hydroxyl groups is 1. The number of amides is 1. The predicted molar refractivity (Wildman–Crippen MR) is 167 cm³/mol. The maximum atomic E-state index is 13.6. The molecule has 1 atom stereocenters. The van der Waals surface area contributed by atoms with Gasteiger partial charge in [0.15, 0.2) is 15.8 Å². The molecule has 0 spiro atoms. The van der Waals surface area contributed by atoms with Crippen molar-refractivity contribution in [1.29, 1.82) is 0 Å². The lowest BCUT2D eigenvalue weighted by Crippen LogP contribution is -2.29. The molecule has 0 radical (unpaired) electrons. The number of methoxy groups -OCH3 is 2. The third-order valence-corrected chi connectivity index (χ3v) is 9.00. The maximum Gasteiger partial charge on any atom is 0.301 e. The highest BCUT2D eigenvalue weighted by atomic mass is 32.2. The molecule has 222 valence electrons. The summed E-state index contributed by atoms with van der Waals surface area (Å²) in [6.07, 6.45) is 1.94. The van der Waals surface area contributed by atoms with Crippen LogP contribution in [0.5, 0.6) is 17.2 Å². The molecule has 1 aliphatic heterocycles. The minimum absolute atomic E-state index is 0.0643. The van der Waals surface area contributed by atoms with Crippen LogP contribution >= 0.6 is 23.1 Å². The first-order valence-corrected chi connectivity index (χ1v) is 15.5. The maximum absolute atomic E-state index is 13.6. The number of Topliss-reactive ketones (excluding diaryl/α,β-unsaturated/α-hetero) is 1. The fourth-order valence-electron chi connectivity index (χ4n) is 4.64. The van der Waals surface area contributed by atoms with Gasteiger partial charge < -0.3 is 19.3 Å². The van der Waals surface area contributed by atoms with Gasteiger partial charge in [0.05, 0.1) is 32.4 Å². The second kappa shape index (κ2) is 13.7. The third kappa shape index (κ3) is 6.52. The Morgan fingerprint density at radius 2 is 1.72 bits per heavy atom. The molecule has 1 aromatic heterocycles. The largest absolute Gasteiger partial charge is 0.507 e. The summed E-state index contributed by atoms with van der Waals surface area (Å²) in [4.78, 5) is 28.5. The Morgan fingerprint density at radius 1 is 0.977 bits per heavy atom. The van der Waals surface area contributed by atoms with Crippen LogP contribution in [0.2, 0.25) is 0 Å². The lowest BCUT2D eigenvalue weighted by atomic mass is 9.95. The smallest absolute Gasteiger partial charge is 0.301 e. The summed E-state index contributed by atoms with van der Waals surface area (Å²) >= 11 is 2.70. The highest BCUT2D eigenvalue weighted by Gasteiger charge is 2.48. The third-order valence-electron chi connectivity index (χ3n) is 6.87. The molecule has 1 saturated heterocycles. The van der Waals surface area contributed by atoms with Gasteiger partial charge in [0.25, 0.3) is 5.78 Å². The van der Waals surface area contributed by atoms with Crippen molar-refractivity contribution in [3.8, 4) is 17.2 Å². The SMILES string of the molecule is CCCCOc1ccc(C(O)=C2C(=O)C(=O)N(c3nnc(SCc4ccccc4)s3)[C@@H]2c2ccc(OC)c(OC)c2)cc1. The van der Waals surface area contributed by atoms with E-state index in [-0.39, 0.29) is 16.5 Å². The Bertz CT molecular complexity index is 1620. The van der Waals surface area contributed by atoms with Gasteiger partial charge in [0.2, 0.25) is 5.13 Å². The molecule has 11 heteroatoms. The lowest BCUT2D eigenvalue weighted by Gasteiger charge is -2.23. The molecule has 0 bridgehead atoms. The van der Waals surface area contributed by atoms with E-state index in [1.165, 1.54) is 42.2 Å². The number of rotatable bonds is 12. The second-order valence-corrected chi connectivity index (χ2v) is 11.8. The molecule has 1 N–H and O–H groups in total. The van der Waals surface area contributed by atoms with E-state index < -0.39 is 17.7 Å². The van der Waals surface area contributed by atoms with Gasteiger partial charge in [-0.2, -0.15) is 0 Å². The summed E-state index contributed by atoms with van der Waals surface area (Å²) < 4.78 is 17.3. The van der Waals surface area contributed by atoms with E-state index in [2.05, 4.69) is 17.1 Å². The first kappa shape index (κ1) is 30.1. The van der Waals surface area contributed by atoms with E-state index in [0.717, 1.165) is 18.4 Å². The molecule has 2 heterocycles. The van der Waals surface area contributed by atoms with Gasteiger partial charge in [-0.3, -0.25) is 14.5 Å². The van der Waals surface area contributed by atoms with Crippen LogP contribution in [0.25, 0.3) is 5.76 Å². The number of unbranched alkanes of at least 4 members (excludes halogenated alkanes) is 1. The summed E-state index contributed by atoms with van der Waals surface area (Å²) in [5.74, 6) is 0.282. The molecule has 43 heavy (non-hydrogen) atoms. The number of carbonyl (C=O) groups is 2. The number of ketones is 1. The van der Waals surface area contributed by atoms with Crippen molar-refractivity contribution >= 4 is 45.7 Å². The Hall–Kier alpha value is -4.35. The number of carbonyl (C=O) groups excluding carboxylic acids is 2. The molecule has 0 saturated carbocycles. The van der Waals surface area contributed by atoms with Gasteiger partial charge in [0.1, 0.15) is 11.5 Å². The van der Waals surface area contributed by atoms with Crippen molar-refractivity contribution in [3.05, 3.63) is 95.1 Å². The zero-order valence-electron chi connectivity index (χ0n) is 24.0. The molecule has 0 unspecified atom stereocenters. The quantitative estimate of drug-likeness (QED) is 0.0466. The topological polar surface area (TPSA) is 111 Å². The summed E-state index contributed by atoms with van der Waals surface area (Å²) in [5, 5.41) is 20.3. The van der Waals surface area contributed by atoms with E-state index in [4.69, 9.17) is 14.2 Å². The Morgan fingerprint density at radius 3 is 2.42 bits per heavy atom. The van der Waals surface area contributed by atoms with Crippen LogP contribution in [0.3, 0.4) is 0 Å². The van der Waals surface area contributed by atoms with E-state index in [9.17, 15) is 14.7 Å². The van der Waals surface area contributed by atoms with Gasteiger partial charge in [-0.1, -0.05) is 72.8 Å². The molecule has 1 amide bonds. The van der Waals surface area contributed by atoms with Crippen LogP contribution in [0, 0.1) is 0 Å². The Kier molecular flexibility index (Phi) is 9.63. The molecular weight excluding hydrogens is 587 g/mol. The first-order chi connectivity index (χ1) is 20.9. The molecule has 3 aromatic carbocycles. The average molecular weight is 618 g/mol. The van der Waals surface area contributed by atoms with Crippen LogP contribution in [0.4, 0.5) is 5.13 Å². The monoisotopic (exact) mass is 617 g/mol. The van der Waals surface area contributed by atoms with Crippen LogP contribution in [0.1, 0.15) is 42.5 Å². The first-order valence-electron chi connectivity index (χ1n) is 13.7. The summed E-state index contributed by atoms with van der Waals surface area (Å²) in [7, 11) is 3.03. The van der Waals surface area contributed by atoms with Gasteiger partial charge in [-0.15, -0.1) is 10.2 Å². The molecule has 4 aromatic rings. The normalized spacial score (nSPS) is 16.0. The highest BCUT2D eigenvalue weighted by molar-refractivity contribution is 8.00. The number of ether oxygens (including phenoxy) is 3. The molecule has 1 aliphatic rings. The number of thioether (sulfide) groups is 1. The second-order valence-electron chi connectivity index (χ2n) is 9.63. The number of hydrogen-bond acceptors (Lipinski definition) is 10. The van der Waals surface area contributed by atoms with Crippen molar-refractivity contribution in [2.45, 2.75) is 35.9 Å². The number of hydrogen-bond donors (Lipinski definition) is 1. The minimum atomic E-state index is -0.986. The van der Waals surface area contributed by atoms with Crippen molar-refractivity contribution in [3.63, 3.8) is 0 Å². The van der Waals surface area contributed by atoms with Crippen LogP contribution in [-0.2, 0) is 15.3 Å². The number of benzene rings is 3. The fraction of sp³-hybridized carbons (Fsp3) is 0.250. The molecule has 1 fully saturated rings. The Balaban J connectivity index is 1.54. The number of anilines is 1. The number of nitrogens with zero attached hydrogens (tertiary/aromatic N) is 3. The molecular formula is C32H31N3O6S2. The molecule has 9 nitrogen and oxygen atoms in total.